The van der Waals surface area contributed by atoms with E-state index in [9.17, 15) is 9.59 Å². The first kappa shape index (κ1) is 19.0. The van der Waals surface area contributed by atoms with Crippen LogP contribution in [0.2, 0.25) is 0 Å². The van der Waals surface area contributed by atoms with Gasteiger partial charge in [-0.15, -0.1) is 0 Å². The van der Waals surface area contributed by atoms with E-state index in [1.807, 2.05) is 13.8 Å². The Hall–Kier alpha value is -2.34. The fourth-order valence-electron chi connectivity index (χ4n) is 2.43. The van der Waals surface area contributed by atoms with Crippen molar-refractivity contribution in [2.75, 3.05) is 25.5 Å². The number of hydrogen-bond acceptors (Lipinski definition) is 3. The predicted molar refractivity (Wildman–Crippen MR) is 102 cm³/mol. The van der Waals surface area contributed by atoms with Crippen LogP contribution in [-0.2, 0) is 0 Å². The molecule has 2 aromatic carbocycles. The van der Waals surface area contributed by atoms with E-state index >= 15 is 0 Å². The van der Waals surface area contributed by atoms with Crippen LogP contribution in [0.4, 0.5) is 5.69 Å². The second kappa shape index (κ2) is 8.67. The zero-order chi connectivity index (χ0) is 18.4. The Morgan fingerprint density at radius 2 is 1.84 bits per heavy atom. The molecular formula is C19H21BrN2O3. The van der Waals surface area contributed by atoms with Crippen molar-refractivity contribution in [3.05, 3.63) is 58.1 Å². The molecule has 0 saturated carbocycles. The zero-order valence-electron chi connectivity index (χ0n) is 14.5. The highest BCUT2D eigenvalue weighted by molar-refractivity contribution is 9.10. The minimum absolute atomic E-state index is 0.0522. The molecule has 0 spiro atoms. The van der Waals surface area contributed by atoms with Gasteiger partial charge in [0.1, 0.15) is 5.75 Å². The summed E-state index contributed by atoms with van der Waals surface area (Å²) in [6.07, 6.45) is 0. The Balaban J connectivity index is 2.22. The molecule has 0 atom stereocenters. The van der Waals surface area contributed by atoms with Crippen molar-refractivity contribution < 1.29 is 14.3 Å². The van der Waals surface area contributed by atoms with Crippen molar-refractivity contribution in [3.8, 4) is 5.75 Å². The Kier molecular flexibility index (Phi) is 6.58. The monoisotopic (exact) mass is 404 g/mol. The summed E-state index contributed by atoms with van der Waals surface area (Å²) in [6, 6.07) is 12.1. The molecule has 0 heterocycles. The maximum Gasteiger partial charge on any atom is 0.256 e. The zero-order valence-corrected chi connectivity index (χ0v) is 16.1. The molecule has 0 aliphatic carbocycles. The van der Waals surface area contributed by atoms with Gasteiger partial charge in [0.05, 0.1) is 12.7 Å². The van der Waals surface area contributed by atoms with Crippen molar-refractivity contribution in [1.29, 1.82) is 0 Å². The summed E-state index contributed by atoms with van der Waals surface area (Å²) < 4.78 is 5.83. The molecule has 0 aliphatic rings. The topological polar surface area (TPSA) is 58.6 Å². The molecule has 132 valence electrons. The normalized spacial score (nSPS) is 10.2. The predicted octanol–water partition coefficient (Wildman–Crippen LogP) is 4.19. The molecule has 0 unspecified atom stereocenters. The number of nitrogens with zero attached hydrogens (tertiary/aromatic N) is 1. The minimum Gasteiger partial charge on any atom is -0.497 e. The van der Waals surface area contributed by atoms with E-state index in [4.69, 9.17) is 4.74 Å². The van der Waals surface area contributed by atoms with Gasteiger partial charge in [-0.25, -0.2) is 0 Å². The van der Waals surface area contributed by atoms with Crippen molar-refractivity contribution in [2.24, 2.45) is 0 Å². The largest absolute Gasteiger partial charge is 0.497 e. The van der Waals surface area contributed by atoms with Crippen LogP contribution < -0.4 is 10.1 Å². The Labute approximate surface area is 156 Å². The van der Waals surface area contributed by atoms with E-state index in [1.54, 1.807) is 54.5 Å². The molecule has 1 N–H and O–H groups in total. The van der Waals surface area contributed by atoms with Gasteiger partial charge >= 0.3 is 0 Å². The van der Waals surface area contributed by atoms with E-state index in [2.05, 4.69) is 21.2 Å². The van der Waals surface area contributed by atoms with Crippen LogP contribution in [0.3, 0.4) is 0 Å². The molecule has 0 saturated heterocycles. The van der Waals surface area contributed by atoms with Crippen LogP contribution in [0.1, 0.15) is 34.6 Å². The minimum atomic E-state index is -0.279. The highest BCUT2D eigenvalue weighted by Gasteiger charge is 2.15. The van der Waals surface area contributed by atoms with Gasteiger partial charge in [0, 0.05) is 28.8 Å². The van der Waals surface area contributed by atoms with Gasteiger partial charge in [0.25, 0.3) is 11.8 Å². The first-order valence-electron chi connectivity index (χ1n) is 8.04. The first-order chi connectivity index (χ1) is 12.0. The Morgan fingerprint density at radius 1 is 1.12 bits per heavy atom. The number of methoxy groups -OCH3 is 1. The Morgan fingerprint density at radius 3 is 2.48 bits per heavy atom. The van der Waals surface area contributed by atoms with Gasteiger partial charge in [-0.2, -0.15) is 0 Å². The highest BCUT2D eigenvalue weighted by atomic mass is 79.9. The van der Waals surface area contributed by atoms with Crippen molar-refractivity contribution in [2.45, 2.75) is 13.8 Å². The van der Waals surface area contributed by atoms with Gasteiger partial charge in [-0.3, -0.25) is 9.59 Å². The molecule has 2 amide bonds. The molecule has 2 rings (SSSR count). The molecule has 0 radical (unpaired) electrons. The molecule has 0 aliphatic heterocycles. The standard InChI is InChI=1S/C19H21BrN2O3/c1-4-22(5-2)19(24)13-7-6-8-14(11-13)21-18(23)16-12-15(25-3)9-10-17(16)20/h6-12H,4-5H2,1-3H3,(H,21,23). The van der Waals surface area contributed by atoms with E-state index in [-0.39, 0.29) is 11.8 Å². The van der Waals surface area contributed by atoms with Crippen LogP contribution in [0.25, 0.3) is 0 Å². The Bertz CT molecular complexity index is 773. The summed E-state index contributed by atoms with van der Waals surface area (Å²) in [5, 5.41) is 2.83. The van der Waals surface area contributed by atoms with Crippen molar-refractivity contribution in [1.82, 2.24) is 4.90 Å². The second-order valence-corrected chi connectivity index (χ2v) is 6.21. The van der Waals surface area contributed by atoms with E-state index in [0.717, 1.165) is 0 Å². The fourth-order valence-corrected chi connectivity index (χ4v) is 2.85. The summed E-state index contributed by atoms with van der Waals surface area (Å²) in [5.41, 5.74) is 1.57. The number of hydrogen-bond donors (Lipinski definition) is 1. The molecule has 0 aromatic heterocycles. The lowest BCUT2D eigenvalue weighted by molar-refractivity contribution is 0.0772. The van der Waals surface area contributed by atoms with Crippen LogP contribution in [0.5, 0.6) is 5.75 Å². The summed E-state index contributed by atoms with van der Waals surface area (Å²) in [4.78, 5) is 26.7. The summed E-state index contributed by atoms with van der Waals surface area (Å²) in [7, 11) is 1.55. The summed E-state index contributed by atoms with van der Waals surface area (Å²) >= 11 is 3.37. The number of anilines is 1. The lowest BCUT2D eigenvalue weighted by Crippen LogP contribution is -2.30. The van der Waals surface area contributed by atoms with Crippen LogP contribution in [-0.4, -0.2) is 36.9 Å². The van der Waals surface area contributed by atoms with E-state index < -0.39 is 0 Å². The van der Waals surface area contributed by atoms with Crippen LogP contribution >= 0.6 is 15.9 Å². The van der Waals surface area contributed by atoms with Gasteiger partial charge in [0.2, 0.25) is 0 Å². The van der Waals surface area contributed by atoms with Gasteiger partial charge < -0.3 is 15.0 Å². The van der Waals surface area contributed by atoms with Gasteiger partial charge in [0.15, 0.2) is 0 Å². The average Bonchev–Trinajstić information content (AvgIpc) is 2.63. The van der Waals surface area contributed by atoms with Crippen molar-refractivity contribution >= 4 is 33.4 Å². The quantitative estimate of drug-likeness (QED) is 0.784. The molecule has 25 heavy (non-hydrogen) atoms. The number of nitrogens with one attached hydrogen (secondary N) is 1. The molecule has 5 nitrogen and oxygen atoms in total. The molecule has 6 heteroatoms. The third-order valence-electron chi connectivity index (χ3n) is 3.84. The summed E-state index contributed by atoms with van der Waals surface area (Å²) in [6.45, 7) is 5.16. The van der Waals surface area contributed by atoms with E-state index in [0.29, 0.717) is 40.1 Å². The highest BCUT2D eigenvalue weighted by Crippen LogP contribution is 2.24. The molecule has 0 fully saturated rings. The number of halogens is 1. The maximum atomic E-state index is 12.5. The second-order valence-electron chi connectivity index (χ2n) is 5.36. The lowest BCUT2D eigenvalue weighted by atomic mass is 10.1. The van der Waals surface area contributed by atoms with Crippen molar-refractivity contribution in [3.63, 3.8) is 0 Å². The van der Waals surface area contributed by atoms with Crippen LogP contribution in [0.15, 0.2) is 46.9 Å². The molecule has 0 bridgehead atoms. The number of benzene rings is 2. The summed E-state index contributed by atoms with van der Waals surface area (Å²) in [5.74, 6) is 0.265. The number of carbonyl (C=O) groups excluding carboxylic acids is 2. The van der Waals surface area contributed by atoms with Gasteiger partial charge in [-0.05, 0) is 66.2 Å². The number of ether oxygens (including phenoxy) is 1. The fraction of sp³-hybridized carbons (Fsp3) is 0.263. The van der Waals surface area contributed by atoms with Gasteiger partial charge in [-0.1, -0.05) is 6.07 Å². The lowest BCUT2D eigenvalue weighted by Gasteiger charge is -2.19. The van der Waals surface area contributed by atoms with Crippen LogP contribution in [0, 0.1) is 0 Å². The third-order valence-corrected chi connectivity index (χ3v) is 4.53. The number of rotatable bonds is 6. The maximum absolute atomic E-state index is 12.5. The SMILES string of the molecule is CCN(CC)C(=O)c1cccc(NC(=O)c2cc(OC)ccc2Br)c1. The third kappa shape index (κ3) is 4.60. The van der Waals surface area contributed by atoms with E-state index in [1.165, 1.54) is 0 Å². The number of carbonyl (C=O) groups is 2. The molecular weight excluding hydrogens is 384 g/mol. The number of amides is 2. The molecule has 2 aromatic rings. The first-order valence-corrected chi connectivity index (χ1v) is 8.83. The average molecular weight is 405 g/mol. The smallest absolute Gasteiger partial charge is 0.256 e.